The summed E-state index contributed by atoms with van der Waals surface area (Å²) in [5, 5.41) is 4.85. The molecule has 4 heterocycles. The van der Waals surface area contributed by atoms with Crippen molar-refractivity contribution in [1.82, 2.24) is 24.5 Å². The van der Waals surface area contributed by atoms with Crippen LogP contribution in [-0.2, 0) is 0 Å². The molecule has 0 saturated carbocycles. The molecule has 0 saturated heterocycles. The van der Waals surface area contributed by atoms with Gasteiger partial charge in [0.05, 0.1) is 16.6 Å². The first-order valence-electron chi connectivity index (χ1n) is 20.7. The lowest BCUT2D eigenvalue weighted by Gasteiger charge is -2.17. The lowest BCUT2D eigenvalue weighted by atomic mass is 9.91. The predicted molar refractivity (Wildman–Crippen MR) is 257 cm³/mol. The molecule has 0 aliphatic carbocycles. The molecule has 12 aromatic rings. The van der Waals surface area contributed by atoms with Gasteiger partial charge in [0.2, 0.25) is 0 Å². The zero-order chi connectivity index (χ0) is 41.0. The van der Waals surface area contributed by atoms with E-state index in [1.165, 1.54) is 25.6 Å². The molecule has 0 amide bonds. The average Bonchev–Trinajstić information content (AvgIpc) is 3.88. The number of aromatic nitrogens is 5. The number of thiophene rings is 1. The summed E-state index contributed by atoms with van der Waals surface area (Å²) in [5.74, 6) is 2.47. The maximum Gasteiger partial charge on any atom is 0.167 e. The number of para-hydroxylation sites is 1. The highest BCUT2D eigenvalue weighted by atomic mass is 32.1. The number of benzene rings is 8. The maximum absolute atomic E-state index is 5.50. The van der Waals surface area contributed by atoms with E-state index >= 15 is 0 Å². The predicted octanol–water partition coefficient (Wildman–Crippen LogP) is 14.7. The largest absolute Gasteiger partial charge is 0.293 e. The zero-order valence-electron chi connectivity index (χ0n) is 33.4. The van der Waals surface area contributed by atoms with Crippen LogP contribution < -0.4 is 0 Å². The lowest BCUT2D eigenvalue weighted by molar-refractivity contribution is 1.04. The van der Waals surface area contributed by atoms with E-state index in [0.29, 0.717) is 17.5 Å². The van der Waals surface area contributed by atoms with Crippen molar-refractivity contribution >= 4 is 53.3 Å². The number of pyridine rings is 1. The fourth-order valence-electron chi connectivity index (χ4n) is 8.75. The summed E-state index contributed by atoms with van der Waals surface area (Å²) >= 11 is 1.82. The lowest BCUT2D eigenvalue weighted by Crippen LogP contribution is -2.06. The van der Waals surface area contributed by atoms with Gasteiger partial charge in [-0.3, -0.25) is 4.57 Å². The van der Waals surface area contributed by atoms with E-state index in [4.69, 9.17) is 19.9 Å². The molecule has 0 spiro atoms. The van der Waals surface area contributed by atoms with Gasteiger partial charge in [-0.2, -0.15) is 0 Å². The van der Waals surface area contributed by atoms with Gasteiger partial charge in [-0.25, -0.2) is 19.9 Å². The molecule has 0 atom stereocenters. The standard InChI is InChI=1S/C56H35N5S/c1-5-17-36(18-6-1)40-29-30-42(37-19-7-2-8-20-37)45(31-40)41-32-48(55-59-53(38-21-9-3-10-22-38)58-54(60-55)39-23-11-4-12-24-39)56(57-35-41)61-49-27-15-13-25-43(49)46-33-47-44-26-14-16-28-51(44)62-52(47)34-50(46)61/h1-35H. The first kappa shape index (κ1) is 35.8. The Morgan fingerprint density at radius 2 is 0.887 bits per heavy atom. The van der Waals surface area contributed by atoms with Crippen LogP contribution in [0.4, 0.5) is 0 Å². The first-order chi connectivity index (χ1) is 30.7. The van der Waals surface area contributed by atoms with Gasteiger partial charge in [0.15, 0.2) is 17.5 Å². The van der Waals surface area contributed by atoms with E-state index in [1.807, 2.05) is 78.2 Å². The Hall–Kier alpha value is -8.06. The van der Waals surface area contributed by atoms with Crippen molar-refractivity contribution in [2.75, 3.05) is 0 Å². The second-order valence-electron chi connectivity index (χ2n) is 15.4. The zero-order valence-corrected chi connectivity index (χ0v) is 34.2. The monoisotopic (exact) mass is 809 g/mol. The molecular formula is C56H35N5S. The molecule has 0 radical (unpaired) electrons. The van der Waals surface area contributed by atoms with Crippen molar-refractivity contribution in [1.29, 1.82) is 0 Å². The SMILES string of the molecule is c1ccc(-c2ccc(-c3ccccc3)c(-c3cnc(-n4c5ccccc5c5cc6c(cc54)sc4ccccc46)c(-c4nc(-c5ccccc5)nc(-c5ccccc5)n4)c3)c2)cc1. The van der Waals surface area contributed by atoms with Gasteiger partial charge in [0.25, 0.3) is 0 Å². The van der Waals surface area contributed by atoms with Crippen molar-refractivity contribution < 1.29 is 0 Å². The molecule has 0 fully saturated rings. The number of hydrogen-bond acceptors (Lipinski definition) is 5. The van der Waals surface area contributed by atoms with E-state index in [2.05, 4.69) is 150 Å². The summed E-state index contributed by atoms with van der Waals surface area (Å²) in [7, 11) is 0. The molecule has 5 nitrogen and oxygen atoms in total. The summed E-state index contributed by atoms with van der Waals surface area (Å²) in [6.45, 7) is 0. The molecule has 0 aliphatic heterocycles. The van der Waals surface area contributed by atoms with Gasteiger partial charge in [0, 0.05) is 53.8 Å². The topological polar surface area (TPSA) is 56.5 Å². The summed E-state index contributed by atoms with van der Waals surface area (Å²) in [6, 6.07) is 72.4. The Bertz CT molecular complexity index is 3560. The molecule has 0 aliphatic rings. The highest BCUT2D eigenvalue weighted by molar-refractivity contribution is 7.25. The fourth-order valence-corrected chi connectivity index (χ4v) is 9.88. The highest BCUT2D eigenvalue weighted by Crippen LogP contribution is 2.43. The molecule has 4 aromatic heterocycles. The van der Waals surface area contributed by atoms with E-state index in [1.54, 1.807) is 0 Å². The minimum atomic E-state index is 0.538. The van der Waals surface area contributed by atoms with Crippen LogP contribution in [0.1, 0.15) is 0 Å². The molecule has 8 aromatic carbocycles. The van der Waals surface area contributed by atoms with Crippen molar-refractivity contribution in [3.63, 3.8) is 0 Å². The highest BCUT2D eigenvalue weighted by Gasteiger charge is 2.23. The number of hydrogen-bond donors (Lipinski definition) is 0. The van der Waals surface area contributed by atoms with Crippen molar-refractivity contribution in [2.45, 2.75) is 0 Å². The van der Waals surface area contributed by atoms with Crippen LogP contribution in [0.3, 0.4) is 0 Å². The van der Waals surface area contributed by atoms with E-state index in [9.17, 15) is 0 Å². The smallest absolute Gasteiger partial charge is 0.167 e. The Labute approximate surface area is 361 Å². The third-order valence-corrected chi connectivity index (χ3v) is 12.8. The second kappa shape index (κ2) is 14.9. The number of fused-ring (bicyclic) bond motifs is 6. The summed E-state index contributed by atoms with van der Waals surface area (Å²) < 4.78 is 4.80. The van der Waals surface area contributed by atoms with E-state index < -0.39 is 0 Å². The summed E-state index contributed by atoms with van der Waals surface area (Å²) in [4.78, 5) is 21.2. The van der Waals surface area contributed by atoms with Crippen LogP contribution in [-0.4, -0.2) is 24.5 Å². The first-order valence-corrected chi connectivity index (χ1v) is 21.5. The number of rotatable bonds is 7. The normalized spacial score (nSPS) is 11.5. The molecule has 0 bridgehead atoms. The minimum Gasteiger partial charge on any atom is -0.293 e. The Morgan fingerprint density at radius 1 is 0.323 bits per heavy atom. The third-order valence-electron chi connectivity index (χ3n) is 11.7. The van der Waals surface area contributed by atoms with Crippen molar-refractivity contribution in [3.05, 3.63) is 212 Å². The van der Waals surface area contributed by atoms with Crippen molar-refractivity contribution in [2.24, 2.45) is 0 Å². The molecule has 62 heavy (non-hydrogen) atoms. The van der Waals surface area contributed by atoms with Crippen LogP contribution in [0.5, 0.6) is 0 Å². The molecular weight excluding hydrogens is 775 g/mol. The fraction of sp³-hybridized carbons (Fsp3) is 0. The molecule has 290 valence electrons. The van der Waals surface area contributed by atoms with Crippen LogP contribution in [0.2, 0.25) is 0 Å². The van der Waals surface area contributed by atoms with Gasteiger partial charge in [-0.05, 0) is 64.2 Å². The molecule has 12 rings (SSSR count). The van der Waals surface area contributed by atoms with Gasteiger partial charge in [-0.15, -0.1) is 11.3 Å². The van der Waals surface area contributed by atoms with Crippen LogP contribution in [0.25, 0.3) is 115 Å². The summed E-state index contributed by atoms with van der Waals surface area (Å²) in [6.07, 6.45) is 2.02. The number of nitrogens with zero attached hydrogens (tertiary/aromatic N) is 5. The van der Waals surface area contributed by atoms with Crippen LogP contribution >= 0.6 is 11.3 Å². The van der Waals surface area contributed by atoms with E-state index in [-0.39, 0.29) is 0 Å². The van der Waals surface area contributed by atoms with Gasteiger partial charge in [-0.1, -0.05) is 170 Å². The van der Waals surface area contributed by atoms with Crippen molar-refractivity contribution in [3.8, 4) is 73.4 Å². The Balaban J connectivity index is 1.18. The molecule has 0 N–H and O–H groups in total. The molecule has 6 heteroatoms. The quantitative estimate of drug-likeness (QED) is 0.161. The maximum atomic E-state index is 5.50. The van der Waals surface area contributed by atoms with Gasteiger partial charge < -0.3 is 0 Å². The minimum absolute atomic E-state index is 0.538. The van der Waals surface area contributed by atoms with Crippen LogP contribution in [0.15, 0.2) is 212 Å². The van der Waals surface area contributed by atoms with E-state index in [0.717, 1.165) is 72.3 Å². The third kappa shape index (κ3) is 6.16. The van der Waals surface area contributed by atoms with Gasteiger partial charge in [0.1, 0.15) is 5.82 Å². The average molecular weight is 810 g/mol. The van der Waals surface area contributed by atoms with Gasteiger partial charge >= 0.3 is 0 Å². The Morgan fingerprint density at radius 3 is 1.58 bits per heavy atom. The second-order valence-corrected chi connectivity index (χ2v) is 16.5. The Kier molecular flexibility index (Phi) is 8.61. The van der Waals surface area contributed by atoms with Crippen LogP contribution in [0, 0.1) is 0 Å². The summed E-state index contributed by atoms with van der Waals surface area (Å²) in [5.41, 5.74) is 11.3. The molecule has 0 unspecified atom stereocenters.